The summed E-state index contributed by atoms with van der Waals surface area (Å²) in [5.41, 5.74) is 2.02. The van der Waals surface area contributed by atoms with E-state index in [1.165, 1.54) is 0 Å². The van der Waals surface area contributed by atoms with Crippen molar-refractivity contribution in [3.05, 3.63) is 42.7 Å². The van der Waals surface area contributed by atoms with E-state index in [0.717, 1.165) is 54.3 Å². The second kappa shape index (κ2) is 7.48. The lowest BCUT2D eigenvalue weighted by atomic mass is 10.1. The van der Waals surface area contributed by atoms with Crippen molar-refractivity contribution in [3.63, 3.8) is 0 Å². The maximum Gasteiger partial charge on any atom is 0.222 e. The lowest BCUT2D eigenvalue weighted by molar-refractivity contribution is -0.126. The van der Waals surface area contributed by atoms with Crippen LogP contribution in [0.2, 0.25) is 0 Å². The van der Waals surface area contributed by atoms with E-state index in [1.807, 2.05) is 36.5 Å². The highest BCUT2D eigenvalue weighted by atomic mass is 16.5. The van der Waals surface area contributed by atoms with Gasteiger partial charge in [-0.15, -0.1) is 0 Å². The minimum atomic E-state index is 0.220. The van der Waals surface area contributed by atoms with Gasteiger partial charge in [0.15, 0.2) is 0 Å². The summed E-state index contributed by atoms with van der Waals surface area (Å²) in [4.78, 5) is 25.8. The first-order chi connectivity index (χ1) is 14.2. The first-order valence-electron chi connectivity index (χ1n) is 10.2. The van der Waals surface area contributed by atoms with Crippen molar-refractivity contribution in [1.29, 1.82) is 0 Å². The van der Waals surface area contributed by atoms with Crippen LogP contribution in [-0.2, 0) is 16.1 Å². The monoisotopic (exact) mass is 391 g/mol. The second-order valence-electron chi connectivity index (χ2n) is 7.90. The van der Waals surface area contributed by atoms with Crippen LogP contribution in [0.15, 0.2) is 42.7 Å². The van der Waals surface area contributed by atoms with Crippen LogP contribution in [0.5, 0.6) is 0 Å². The number of morpholine rings is 1. The zero-order chi connectivity index (χ0) is 19.8. The van der Waals surface area contributed by atoms with E-state index >= 15 is 0 Å². The van der Waals surface area contributed by atoms with Crippen LogP contribution in [-0.4, -0.2) is 65.2 Å². The van der Waals surface area contributed by atoms with Crippen molar-refractivity contribution in [2.45, 2.75) is 13.0 Å². The van der Waals surface area contributed by atoms with Gasteiger partial charge in [0, 0.05) is 63.3 Å². The number of hydrogen-bond donors (Lipinski definition) is 0. The van der Waals surface area contributed by atoms with Crippen molar-refractivity contribution >= 4 is 22.6 Å². The summed E-state index contributed by atoms with van der Waals surface area (Å²) in [7, 11) is 1.88. The fraction of sp³-hybridized carbons (Fsp3) is 0.409. The van der Waals surface area contributed by atoms with E-state index in [-0.39, 0.29) is 5.91 Å². The SMILES string of the molecule is CN1CC(Cn2ccnc2-c2cc3ccccc3nc2N2CCOCC2)CC1=O. The van der Waals surface area contributed by atoms with Crippen LogP contribution in [0.3, 0.4) is 0 Å². The molecule has 3 aromatic rings. The number of nitrogens with zero attached hydrogens (tertiary/aromatic N) is 5. The molecule has 1 atom stereocenters. The van der Waals surface area contributed by atoms with Gasteiger partial charge in [-0.05, 0) is 12.1 Å². The van der Waals surface area contributed by atoms with Crippen molar-refractivity contribution in [1.82, 2.24) is 19.4 Å². The molecule has 2 fully saturated rings. The quantitative estimate of drug-likeness (QED) is 0.683. The van der Waals surface area contributed by atoms with Crippen LogP contribution in [0.25, 0.3) is 22.3 Å². The maximum atomic E-state index is 11.9. The Kier molecular flexibility index (Phi) is 4.67. The number of pyridine rings is 1. The highest BCUT2D eigenvalue weighted by Crippen LogP contribution is 2.33. The highest BCUT2D eigenvalue weighted by Gasteiger charge is 2.28. The molecule has 1 unspecified atom stereocenters. The number of aromatic nitrogens is 3. The van der Waals surface area contributed by atoms with Crippen LogP contribution >= 0.6 is 0 Å². The summed E-state index contributed by atoms with van der Waals surface area (Å²) < 4.78 is 7.72. The molecule has 1 aromatic carbocycles. The third-order valence-corrected chi connectivity index (χ3v) is 5.85. The van der Waals surface area contributed by atoms with Crippen LogP contribution in [0.4, 0.5) is 5.82 Å². The zero-order valence-electron chi connectivity index (χ0n) is 16.6. The van der Waals surface area contributed by atoms with E-state index in [0.29, 0.717) is 25.6 Å². The molecule has 0 radical (unpaired) electrons. The number of carbonyl (C=O) groups excluding carboxylic acids is 1. The van der Waals surface area contributed by atoms with E-state index in [4.69, 9.17) is 14.7 Å². The van der Waals surface area contributed by atoms with Crippen molar-refractivity contribution in [3.8, 4) is 11.4 Å². The lowest BCUT2D eigenvalue weighted by Gasteiger charge is -2.29. The zero-order valence-corrected chi connectivity index (χ0v) is 16.6. The molecule has 7 nitrogen and oxygen atoms in total. The predicted octanol–water partition coefficient (Wildman–Crippen LogP) is 2.41. The average molecular weight is 391 g/mol. The van der Waals surface area contributed by atoms with Gasteiger partial charge in [-0.25, -0.2) is 9.97 Å². The number of fused-ring (bicyclic) bond motifs is 1. The third-order valence-electron chi connectivity index (χ3n) is 5.85. The molecular formula is C22H25N5O2. The molecular weight excluding hydrogens is 366 g/mol. The summed E-state index contributed by atoms with van der Waals surface area (Å²) >= 11 is 0. The number of carbonyl (C=O) groups is 1. The molecule has 0 aliphatic carbocycles. The number of imidazole rings is 1. The Bertz CT molecular complexity index is 1040. The first-order valence-corrected chi connectivity index (χ1v) is 10.2. The minimum absolute atomic E-state index is 0.220. The lowest BCUT2D eigenvalue weighted by Crippen LogP contribution is -2.37. The Morgan fingerprint density at radius 1 is 1.21 bits per heavy atom. The van der Waals surface area contributed by atoms with Crippen LogP contribution < -0.4 is 4.90 Å². The Labute approximate surface area is 169 Å². The fourth-order valence-electron chi connectivity index (χ4n) is 4.34. The summed E-state index contributed by atoms with van der Waals surface area (Å²) in [6, 6.07) is 10.4. The van der Waals surface area contributed by atoms with Gasteiger partial charge in [0.05, 0.1) is 24.3 Å². The molecule has 4 heterocycles. The Morgan fingerprint density at radius 2 is 2.03 bits per heavy atom. The predicted molar refractivity (Wildman–Crippen MR) is 112 cm³/mol. The molecule has 150 valence electrons. The molecule has 2 aliphatic rings. The van der Waals surface area contributed by atoms with Gasteiger partial charge in [0.25, 0.3) is 0 Å². The van der Waals surface area contributed by atoms with E-state index in [2.05, 4.69) is 27.7 Å². The van der Waals surface area contributed by atoms with Crippen molar-refractivity contribution < 1.29 is 9.53 Å². The number of amides is 1. The Balaban J connectivity index is 1.56. The van der Waals surface area contributed by atoms with Crippen molar-refractivity contribution in [2.75, 3.05) is 44.8 Å². The largest absolute Gasteiger partial charge is 0.378 e. The molecule has 0 spiro atoms. The Hall–Kier alpha value is -2.93. The number of likely N-dealkylation sites (tertiary alicyclic amines) is 1. The van der Waals surface area contributed by atoms with Crippen molar-refractivity contribution in [2.24, 2.45) is 5.92 Å². The molecule has 1 amide bonds. The summed E-state index contributed by atoms with van der Waals surface area (Å²) in [6.07, 6.45) is 4.45. The molecule has 2 aromatic heterocycles. The van der Waals surface area contributed by atoms with Gasteiger partial charge in [0.1, 0.15) is 11.6 Å². The van der Waals surface area contributed by atoms with Gasteiger partial charge in [-0.3, -0.25) is 4.79 Å². The number of ether oxygens (including phenoxy) is 1. The molecule has 0 saturated carbocycles. The van der Waals surface area contributed by atoms with Gasteiger partial charge < -0.3 is 19.1 Å². The molecule has 0 bridgehead atoms. The van der Waals surface area contributed by atoms with Crippen LogP contribution in [0.1, 0.15) is 6.42 Å². The number of benzene rings is 1. The second-order valence-corrected chi connectivity index (χ2v) is 7.90. The molecule has 0 N–H and O–H groups in total. The minimum Gasteiger partial charge on any atom is -0.378 e. The molecule has 29 heavy (non-hydrogen) atoms. The number of anilines is 1. The Morgan fingerprint density at radius 3 is 2.83 bits per heavy atom. The summed E-state index contributed by atoms with van der Waals surface area (Å²) in [5.74, 6) is 2.39. The summed E-state index contributed by atoms with van der Waals surface area (Å²) in [6.45, 7) is 4.63. The number of rotatable bonds is 4. The molecule has 5 rings (SSSR count). The smallest absolute Gasteiger partial charge is 0.222 e. The van der Waals surface area contributed by atoms with E-state index in [1.54, 1.807) is 0 Å². The fourth-order valence-corrected chi connectivity index (χ4v) is 4.34. The standard InChI is InChI=1S/C22H25N5O2/c1-25-14-16(12-20(25)28)15-27-7-6-23-21(27)18-13-17-4-2-3-5-19(17)24-22(18)26-8-10-29-11-9-26/h2-7,13,16H,8-12,14-15H2,1H3. The average Bonchev–Trinajstić information content (AvgIpc) is 3.33. The third kappa shape index (κ3) is 3.46. The van der Waals surface area contributed by atoms with Gasteiger partial charge in [0.2, 0.25) is 5.91 Å². The normalized spacial score (nSPS) is 20.0. The topological polar surface area (TPSA) is 63.5 Å². The molecule has 2 saturated heterocycles. The first kappa shape index (κ1) is 18.1. The number of hydrogen-bond acceptors (Lipinski definition) is 5. The highest BCUT2D eigenvalue weighted by molar-refractivity contribution is 5.88. The maximum absolute atomic E-state index is 11.9. The van der Waals surface area contributed by atoms with Gasteiger partial charge >= 0.3 is 0 Å². The van der Waals surface area contributed by atoms with Gasteiger partial charge in [-0.1, -0.05) is 18.2 Å². The summed E-state index contributed by atoms with van der Waals surface area (Å²) in [5, 5.41) is 1.10. The van der Waals surface area contributed by atoms with Gasteiger partial charge in [-0.2, -0.15) is 0 Å². The molecule has 2 aliphatic heterocycles. The van der Waals surface area contributed by atoms with Crippen LogP contribution in [0, 0.1) is 5.92 Å². The van der Waals surface area contributed by atoms with E-state index < -0.39 is 0 Å². The van der Waals surface area contributed by atoms with E-state index in [9.17, 15) is 4.79 Å². The number of para-hydroxylation sites is 1. The molecule has 7 heteroatoms.